The van der Waals surface area contributed by atoms with E-state index in [9.17, 15) is 8.42 Å². The summed E-state index contributed by atoms with van der Waals surface area (Å²) >= 11 is 6.18. The summed E-state index contributed by atoms with van der Waals surface area (Å²) in [4.78, 5) is 0.362. The van der Waals surface area contributed by atoms with Crippen LogP contribution in [0.25, 0.3) is 0 Å². The van der Waals surface area contributed by atoms with E-state index in [1.165, 1.54) is 4.31 Å². The highest BCUT2D eigenvalue weighted by atomic mass is 35.5. The summed E-state index contributed by atoms with van der Waals surface area (Å²) in [6.07, 6.45) is 0.819. The Labute approximate surface area is 114 Å². The van der Waals surface area contributed by atoms with Gasteiger partial charge in [0.2, 0.25) is 10.0 Å². The Balaban J connectivity index is 2.27. The summed E-state index contributed by atoms with van der Waals surface area (Å²) in [5, 5.41) is -0.0988. The molecule has 1 aliphatic rings. The number of nitrogens with zero attached hydrogens (tertiary/aromatic N) is 1. The lowest BCUT2D eigenvalue weighted by molar-refractivity contribution is 0.293. The fourth-order valence-electron chi connectivity index (χ4n) is 2.14. The third kappa shape index (κ3) is 2.71. The van der Waals surface area contributed by atoms with Crippen molar-refractivity contribution < 1.29 is 8.42 Å². The van der Waals surface area contributed by atoms with E-state index in [-0.39, 0.29) is 5.38 Å². The molecule has 1 aromatic carbocycles. The molecule has 2 rings (SSSR count). The molecule has 0 saturated carbocycles. The molecule has 0 aromatic heterocycles. The molecule has 0 spiro atoms. The largest absolute Gasteiger partial charge is 0.243 e. The van der Waals surface area contributed by atoms with Crippen LogP contribution in [0, 0.1) is 12.8 Å². The van der Waals surface area contributed by atoms with Crippen LogP contribution in [-0.4, -0.2) is 31.2 Å². The first-order valence-corrected chi connectivity index (χ1v) is 8.00. The highest BCUT2D eigenvalue weighted by molar-refractivity contribution is 7.89. The third-order valence-electron chi connectivity index (χ3n) is 3.46. The summed E-state index contributed by atoms with van der Waals surface area (Å²) in [5.41, 5.74) is 0.948. The van der Waals surface area contributed by atoms with Gasteiger partial charge in [0.1, 0.15) is 0 Å². The number of rotatable bonds is 2. The van der Waals surface area contributed by atoms with Crippen LogP contribution in [0.15, 0.2) is 29.2 Å². The Kier molecular flexibility index (Phi) is 3.99. The molecule has 1 fully saturated rings. The smallest absolute Gasteiger partial charge is 0.207 e. The molecule has 0 aliphatic carbocycles. The summed E-state index contributed by atoms with van der Waals surface area (Å²) in [7, 11) is -3.39. The molecule has 1 aliphatic heterocycles. The molecular weight excluding hydrogens is 270 g/mol. The van der Waals surface area contributed by atoms with Crippen molar-refractivity contribution in [3.63, 3.8) is 0 Å². The first kappa shape index (κ1) is 13.8. The minimum Gasteiger partial charge on any atom is -0.207 e. The molecule has 1 heterocycles. The van der Waals surface area contributed by atoms with Gasteiger partial charge in [0.25, 0.3) is 0 Å². The number of sulfonamides is 1. The molecule has 3 nitrogen and oxygen atoms in total. The van der Waals surface area contributed by atoms with Gasteiger partial charge < -0.3 is 0 Å². The van der Waals surface area contributed by atoms with Gasteiger partial charge in [0, 0.05) is 18.5 Å². The van der Waals surface area contributed by atoms with E-state index in [4.69, 9.17) is 11.6 Å². The number of piperidine rings is 1. The van der Waals surface area contributed by atoms with Crippen LogP contribution in [0.5, 0.6) is 0 Å². The van der Waals surface area contributed by atoms with Crippen LogP contribution in [0.2, 0.25) is 0 Å². The molecule has 1 aromatic rings. The quantitative estimate of drug-likeness (QED) is 0.784. The van der Waals surface area contributed by atoms with Crippen LogP contribution >= 0.6 is 11.6 Å². The van der Waals surface area contributed by atoms with Crippen molar-refractivity contribution in [1.29, 1.82) is 0 Å². The molecule has 0 amide bonds. The Morgan fingerprint density at radius 1 is 1.39 bits per heavy atom. The average molecular weight is 288 g/mol. The van der Waals surface area contributed by atoms with Crippen LogP contribution in [0.1, 0.15) is 18.9 Å². The topological polar surface area (TPSA) is 37.4 Å². The third-order valence-corrected chi connectivity index (χ3v) is 5.89. The summed E-state index contributed by atoms with van der Waals surface area (Å²) in [5.74, 6) is 0.371. The van der Waals surface area contributed by atoms with E-state index in [1.807, 2.05) is 13.0 Å². The number of aryl methyl sites for hydroxylation is 1. The van der Waals surface area contributed by atoms with Crippen LogP contribution in [0.3, 0.4) is 0 Å². The van der Waals surface area contributed by atoms with Gasteiger partial charge in [-0.2, -0.15) is 4.31 Å². The second kappa shape index (κ2) is 5.19. The van der Waals surface area contributed by atoms with E-state index in [0.29, 0.717) is 23.9 Å². The van der Waals surface area contributed by atoms with Gasteiger partial charge in [-0.3, -0.25) is 0 Å². The lowest BCUT2D eigenvalue weighted by atomic mass is 10.0. The van der Waals surface area contributed by atoms with E-state index in [0.717, 1.165) is 12.0 Å². The summed E-state index contributed by atoms with van der Waals surface area (Å²) < 4.78 is 26.4. The number of alkyl halides is 1. The predicted octanol–water partition coefficient (Wildman–Crippen LogP) is 2.63. The highest BCUT2D eigenvalue weighted by Crippen LogP contribution is 2.26. The monoisotopic (exact) mass is 287 g/mol. The zero-order valence-electron chi connectivity index (χ0n) is 10.6. The Bertz CT molecular complexity index is 530. The summed E-state index contributed by atoms with van der Waals surface area (Å²) in [6.45, 7) is 4.91. The molecule has 18 heavy (non-hydrogen) atoms. The van der Waals surface area contributed by atoms with E-state index in [1.54, 1.807) is 18.2 Å². The van der Waals surface area contributed by atoms with Gasteiger partial charge >= 0.3 is 0 Å². The van der Waals surface area contributed by atoms with Crippen molar-refractivity contribution in [3.8, 4) is 0 Å². The van der Waals surface area contributed by atoms with Crippen molar-refractivity contribution in [1.82, 2.24) is 4.31 Å². The van der Waals surface area contributed by atoms with Gasteiger partial charge in [-0.25, -0.2) is 8.42 Å². The molecule has 1 saturated heterocycles. The number of hydrogen-bond acceptors (Lipinski definition) is 2. The molecule has 5 heteroatoms. The van der Waals surface area contributed by atoms with Gasteiger partial charge in [0.15, 0.2) is 0 Å². The Morgan fingerprint density at radius 2 is 2.11 bits per heavy atom. The molecule has 2 unspecified atom stereocenters. The van der Waals surface area contributed by atoms with Crippen molar-refractivity contribution in [3.05, 3.63) is 29.8 Å². The maximum Gasteiger partial charge on any atom is 0.243 e. The fourth-order valence-corrected chi connectivity index (χ4v) is 4.10. The second-order valence-corrected chi connectivity index (χ2v) is 7.46. The summed E-state index contributed by atoms with van der Waals surface area (Å²) in [6, 6.07) is 7.01. The maximum atomic E-state index is 12.5. The van der Waals surface area contributed by atoms with Gasteiger partial charge in [-0.1, -0.05) is 19.1 Å². The molecule has 0 N–H and O–H groups in total. The van der Waals surface area contributed by atoms with Gasteiger partial charge in [-0.15, -0.1) is 11.6 Å². The number of benzene rings is 1. The Morgan fingerprint density at radius 3 is 2.72 bits per heavy atom. The van der Waals surface area contributed by atoms with Crippen molar-refractivity contribution in [2.75, 3.05) is 13.1 Å². The van der Waals surface area contributed by atoms with Crippen LogP contribution < -0.4 is 0 Å². The first-order valence-electron chi connectivity index (χ1n) is 6.12. The zero-order chi connectivity index (χ0) is 13.3. The standard InChI is InChI=1S/C13H18ClNO2S/c1-10-4-3-5-12(8-10)18(16,17)15-7-6-11(2)13(14)9-15/h3-5,8,11,13H,6-7,9H2,1-2H3. The lowest BCUT2D eigenvalue weighted by Crippen LogP contribution is -2.43. The molecule has 0 radical (unpaired) electrons. The molecule has 100 valence electrons. The molecular formula is C13H18ClNO2S. The predicted molar refractivity (Wildman–Crippen MR) is 73.4 cm³/mol. The minimum absolute atomic E-state index is 0.0988. The van der Waals surface area contributed by atoms with Gasteiger partial charge in [0.05, 0.1) is 4.90 Å². The van der Waals surface area contributed by atoms with Gasteiger partial charge in [-0.05, 0) is 37.0 Å². The SMILES string of the molecule is Cc1cccc(S(=O)(=O)N2CCC(C)C(Cl)C2)c1. The van der Waals surface area contributed by atoms with Crippen molar-refractivity contribution in [2.24, 2.45) is 5.92 Å². The van der Waals surface area contributed by atoms with E-state index in [2.05, 4.69) is 6.92 Å². The van der Waals surface area contributed by atoms with Crippen molar-refractivity contribution >= 4 is 21.6 Å². The highest BCUT2D eigenvalue weighted by Gasteiger charge is 2.32. The van der Waals surface area contributed by atoms with Crippen LogP contribution in [-0.2, 0) is 10.0 Å². The fraction of sp³-hybridized carbons (Fsp3) is 0.538. The molecule has 2 atom stereocenters. The lowest BCUT2D eigenvalue weighted by Gasteiger charge is -2.33. The second-order valence-electron chi connectivity index (χ2n) is 4.96. The zero-order valence-corrected chi connectivity index (χ0v) is 12.2. The number of hydrogen-bond donors (Lipinski definition) is 0. The van der Waals surface area contributed by atoms with Crippen LogP contribution in [0.4, 0.5) is 0 Å². The van der Waals surface area contributed by atoms with E-state index < -0.39 is 10.0 Å². The first-order chi connectivity index (χ1) is 8.41. The minimum atomic E-state index is -3.39. The van der Waals surface area contributed by atoms with Crippen molar-refractivity contribution in [2.45, 2.75) is 30.5 Å². The average Bonchev–Trinajstić information content (AvgIpc) is 2.32. The number of halogens is 1. The maximum absolute atomic E-state index is 12.5. The normalized spacial score (nSPS) is 26.2. The molecule has 0 bridgehead atoms. The van der Waals surface area contributed by atoms with E-state index >= 15 is 0 Å². The Hall–Kier alpha value is -0.580.